The van der Waals surface area contributed by atoms with Gasteiger partial charge in [0.05, 0.1) is 17.2 Å². The maximum Gasteiger partial charge on any atom is 0.344 e. The molecule has 3 aromatic rings. The lowest BCUT2D eigenvalue weighted by Gasteiger charge is -2.21. The number of nitriles is 1. The summed E-state index contributed by atoms with van der Waals surface area (Å²) in [6, 6.07) is 15.1. The molecule has 4 nitrogen and oxygen atoms in total. The summed E-state index contributed by atoms with van der Waals surface area (Å²) in [7, 11) is 0. The largest absolute Gasteiger partial charge is 0.422 e. The van der Waals surface area contributed by atoms with Crippen LogP contribution in [0.25, 0.3) is 22.1 Å². The first-order valence-electron chi connectivity index (χ1n) is 8.42. The van der Waals surface area contributed by atoms with Gasteiger partial charge < -0.3 is 9.32 Å². The van der Waals surface area contributed by atoms with Crippen LogP contribution in [0, 0.1) is 18.3 Å². The van der Waals surface area contributed by atoms with Crippen molar-refractivity contribution in [3.8, 4) is 17.2 Å². The van der Waals surface area contributed by atoms with E-state index in [1.165, 1.54) is 0 Å². The summed E-state index contributed by atoms with van der Waals surface area (Å²) in [5.41, 5.74) is 3.86. The third-order valence-electron chi connectivity index (χ3n) is 4.56. The zero-order chi connectivity index (χ0) is 18.0. The van der Waals surface area contributed by atoms with Crippen LogP contribution < -0.4 is 10.5 Å². The van der Waals surface area contributed by atoms with E-state index >= 15 is 0 Å². The van der Waals surface area contributed by atoms with Crippen molar-refractivity contribution >= 4 is 16.7 Å². The molecule has 25 heavy (non-hydrogen) atoms. The molecular weight excluding hydrogens is 312 g/mol. The van der Waals surface area contributed by atoms with Crippen LogP contribution in [0.4, 0.5) is 5.69 Å². The van der Waals surface area contributed by atoms with Crippen LogP contribution in [0.3, 0.4) is 0 Å². The highest BCUT2D eigenvalue weighted by Crippen LogP contribution is 2.29. The Balaban J connectivity index is 2.21. The van der Waals surface area contributed by atoms with Crippen molar-refractivity contribution < 1.29 is 4.42 Å². The van der Waals surface area contributed by atoms with Crippen molar-refractivity contribution in [3.63, 3.8) is 0 Å². The maximum absolute atomic E-state index is 12.6. The van der Waals surface area contributed by atoms with Crippen molar-refractivity contribution in [2.75, 3.05) is 18.0 Å². The van der Waals surface area contributed by atoms with Crippen LogP contribution in [0.5, 0.6) is 0 Å². The molecule has 0 aliphatic heterocycles. The second-order valence-corrected chi connectivity index (χ2v) is 5.93. The summed E-state index contributed by atoms with van der Waals surface area (Å²) in [4.78, 5) is 14.8. The summed E-state index contributed by atoms with van der Waals surface area (Å²) >= 11 is 0. The van der Waals surface area contributed by atoms with Gasteiger partial charge in [-0.1, -0.05) is 12.1 Å². The molecule has 4 heteroatoms. The van der Waals surface area contributed by atoms with Crippen LogP contribution in [-0.2, 0) is 0 Å². The number of fused-ring (bicyclic) bond motifs is 1. The second-order valence-electron chi connectivity index (χ2n) is 5.93. The molecule has 1 heterocycles. The fourth-order valence-corrected chi connectivity index (χ4v) is 3.21. The van der Waals surface area contributed by atoms with Gasteiger partial charge in [-0.15, -0.1) is 0 Å². The third kappa shape index (κ3) is 3.01. The Morgan fingerprint density at radius 1 is 1.12 bits per heavy atom. The van der Waals surface area contributed by atoms with Gasteiger partial charge in [0.25, 0.3) is 0 Å². The Labute approximate surface area is 146 Å². The molecular formula is C21H20N2O2. The number of hydrogen-bond acceptors (Lipinski definition) is 4. The first kappa shape index (κ1) is 16.8. The Bertz CT molecular complexity index is 1020. The number of hydrogen-bond donors (Lipinski definition) is 0. The van der Waals surface area contributed by atoms with Crippen LogP contribution >= 0.6 is 0 Å². The highest BCUT2D eigenvalue weighted by molar-refractivity contribution is 5.88. The Hall–Kier alpha value is -3.06. The van der Waals surface area contributed by atoms with Gasteiger partial charge in [-0.05, 0) is 56.2 Å². The van der Waals surface area contributed by atoms with Crippen molar-refractivity contribution in [3.05, 3.63) is 64.0 Å². The first-order valence-corrected chi connectivity index (χ1v) is 8.42. The van der Waals surface area contributed by atoms with E-state index in [2.05, 4.69) is 30.9 Å². The van der Waals surface area contributed by atoms with Gasteiger partial charge >= 0.3 is 5.63 Å². The minimum absolute atomic E-state index is 0.378. The standard InChI is InChI=1S/C21H20N2O2/c1-4-23(5-2)17-9-10-18-14(3)20(21(24)25-19(18)12-17)16-8-6-7-15(11-16)13-22/h6-12H,4-5H2,1-3H3. The molecule has 3 rings (SSSR count). The van der Waals surface area contributed by atoms with Crippen molar-refractivity contribution in [1.82, 2.24) is 0 Å². The smallest absolute Gasteiger partial charge is 0.344 e. The number of anilines is 1. The van der Waals surface area contributed by atoms with Gasteiger partial charge in [0.15, 0.2) is 0 Å². The predicted molar refractivity (Wildman–Crippen MR) is 101 cm³/mol. The van der Waals surface area contributed by atoms with E-state index in [0.717, 1.165) is 29.7 Å². The average molecular weight is 332 g/mol. The zero-order valence-corrected chi connectivity index (χ0v) is 14.7. The fourth-order valence-electron chi connectivity index (χ4n) is 3.21. The van der Waals surface area contributed by atoms with Gasteiger partial charge in [0, 0.05) is 30.2 Å². The molecule has 0 N–H and O–H groups in total. The molecule has 0 bridgehead atoms. The Morgan fingerprint density at radius 3 is 2.56 bits per heavy atom. The van der Waals surface area contributed by atoms with Crippen LogP contribution in [0.2, 0.25) is 0 Å². The molecule has 0 atom stereocenters. The number of benzene rings is 2. The van der Waals surface area contributed by atoms with Crippen molar-refractivity contribution in [2.45, 2.75) is 20.8 Å². The highest BCUT2D eigenvalue weighted by Gasteiger charge is 2.15. The molecule has 0 saturated carbocycles. The molecule has 0 fully saturated rings. The first-order chi connectivity index (χ1) is 12.1. The minimum atomic E-state index is -0.378. The van der Waals surface area contributed by atoms with Gasteiger partial charge in [-0.25, -0.2) is 4.79 Å². The van der Waals surface area contributed by atoms with Gasteiger partial charge in [-0.2, -0.15) is 5.26 Å². The molecule has 0 amide bonds. The number of nitrogens with zero attached hydrogens (tertiary/aromatic N) is 2. The molecule has 0 spiro atoms. The molecule has 0 aliphatic rings. The lowest BCUT2D eigenvalue weighted by atomic mass is 9.98. The number of rotatable bonds is 4. The van der Waals surface area contributed by atoms with Crippen LogP contribution in [0.15, 0.2) is 51.7 Å². The quantitative estimate of drug-likeness (QED) is 0.661. The summed E-state index contributed by atoms with van der Waals surface area (Å²) in [6.45, 7) is 7.90. The van der Waals surface area contributed by atoms with Crippen LogP contribution in [-0.4, -0.2) is 13.1 Å². The normalized spacial score (nSPS) is 10.6. The monoisotopic (exact) mass is 332 g/mol. The van der Waals surface area contributed by atoms with Crippen molar-refractivity contribution in [1.29, 1.82) is 5.26 Å². The van der Waals surface area contributed by atoms with Gasteiger partial charge in [0.2, 0.25) is 0 Å². The SMILES string of the molecule is CCN(CC)c1ccc2c(C)c(-c3cccc(C#N)c3)c(=O)oc2c1. The lowest BCUT2D eigenvalue weighted by Crippen LogP contribution is -2.21. The van der Waals surface area contributed by atoms with E-state index in [1.807, 2.05) is 25.1 Å². The second kappa shape index (κ2) is 6.82. The van der Waals surface area contributed by atoms with Crippen molar-refractivity contribution in [2.24, 2.45) is 0 Å². The van der Waals surface area contributed by atoms with E-state index in [-0.39, 0.29) is 5.63 Å². The number of aryl methyl sites for hydroxylation is 1. The average Bonchev–Trinajstić information content (AvgIpc) is 2.62. The van der Waals surface area contributed by atoms with E-state index in [4.69, 9.17) is 9.68 Å². The van der Waals surface area contributed by atoms with Gasteiger partial charge in [0.1, 0.15) is 5.58 Å². The predicted octanol–water partition coefficient (Wildman–Crippen LogP) is 4.49. The molecule has 0 radical (unpaired) electrons. The topological polar surface area (TPSA) is 57.2 Å². The van der Waals surface area contributed by atoms with E-state index < -0.39 is 0 Å². The highest BCUT2D eigenvalue weighted by atomic mass is 16.4. The van der Waals surface area contributed by atoms with E-state index in [9.17, 15) is 4.79 Å². The molecule has 126 valence electrons. The van der Waals surface area contributed by atoms with E-state index in [1.54, 1.807) is 18.2 Å². The summed E-state index contributed by atoms with van der Waals surface area (Å²) in [5, 5.41) is 10.0. The molecule has 2 aromatic carbocycles. The zero-order valence-electron chi connectivity index (χ0n) is 14.7. The fraction of sp³-hybridized carbons (Fsp3) is 0.238. The molecule has 0 unspecified atom stereocenters. The van der Waals surface area contributed by atoms with Crippen LogP contribution in [0.1, 0.15) is 25.0 Å². The summed E-state index contributed by atoms with van der Waals surface area (Å²) < 4.78 is 5.62. The maximum atomic E-state index is 12.6. The molecule has 0 saturated heterocycles. The molecule has 0 aliphatic carbocycles. The summed E-state index contributed by atoms with van der Waals surface area (Å²) in [6.07, 6.45) is 0. The Kier molecular flexibility index (Phi) is 4.58. The minimum Gasteiger partial charge on any atom is -0.422 e. The van der Waals surface area contributed by atoms with Gasteiger partial charge in [-0.3, -0.25) is 0 Å². The van der Waals surface area contributed by atoms with E-state index in [0.29, 0.717) is 22.3 Å². The Morgan fingerprint density at radius 2 is 1.88 bits per heavy atom. The third-order valence-corrected chi connectivity index (χ3v) is 4.56. The molecule has 1 aromatic heterocycles. The lowest BCUT2D eigenvalue weighted by molar-refractivity contribution is 0.562. The summed E-state index contributed by atoms with van der Waals surface area (Å²) in [5.74, 6) is 0.